The smallest absolute Gasteiger partial charge is 0.262 e. The third kappa shape index (κ3) is 6.85. The number of methoxy groups -OCH3 is 2. The van der Waals surface area contributed by atoms with E-state index < -0.39 is 10.0 Å². The van der Waals surface area contributed by atoms with Crippen molar-refractivity contribution in [3.63, 3.8) is 0 Å². The van der Waals surface area contributed by atoms with Gasteiger partial charge in [-0.2, -0.15) is 0 Å². The number of rotatable bonds is 10. The number of hydrogen-bond acceptors (Lipinski definition) is 5. The first-order valence-electron chi connectivity index (χ1n) is 10.3. The largest absolute Gasteiger partial charge is 0.497 e. The minimum atomic E-state index is -3.78. The Balaban J connectivity index is 1.54. The summed E-state index contributed by atoms with van der Waals surface area (Å²) in [7, 11) is -0.684. The van der Waals surface area contributed by atoms with Crippen LogP contribution in [0.5, 0.6) is 11.5 Å². The Morgan fingerprint density at radius 1 is 0.909 bits per heavy atom. The van der Waals surface area contributed by atoms with Crippen LogP contribution in [0.15, 0.2) is 83.8 Å². The molecule has 3 rings (SSSR count). The van der Waals surface area contributed by atoms with Crippen molar-refractivity contribution in [3.05, 3.63) is 90.0 Å². The molecule has 3 aromatic carbocycles. The monoisotopic (exact) mass is 466 g/mol. The van der Waals surface area contributed by atoms with Crippen LogP contribution in [-0.4, -0.2) is 35.1 Å². The molecule has 8 heteroatoms. The zero-order chi connectivity index (χ0) is 23.7. The van der Waals surface area contributed by atoms with Gasteiger partial charge in [0.15, 0.2) is 0 Å². The lowest BCUT2D eigenvalue weighted by atomic mass is 10.1. The number of anilines is 1. The molecule has 0 bridgehead atoms. The summed E-state index contributed by atoms with van der Waals surface area (Å²) in [4.78, 5) is 12.2. The van der Waals surface area contributed by atoms with Gasteiger partial charge in [-0.3, -0.25) is 9.52 Å². The van der Waals surface area contributed by atoms with Crippen molar-refractivity contribution in [1.29, 1.82) is 0 Å². The van der Waals surface area contributed by atoms with E-state index in [1.165, 1.54) is 25.3 Å². The van der Waals surface area contributed by atoms with Crippen LogP contribution in [0.2, 0.25) is 0 Å². The summed E-state index contributed by atoms with van der Waals surface area (Å²) in [5, 5.41) is 2.83. The van der Waals surface area contributed by atoms with E-state index in [0.717, 1.165) is 11.3 Å². The summed E-state index contributed by atoms with van der Waals surface area (Å²) in [6, 6.07) is 20.7. The number of carbonyl (C=O) groups excluding carboxylic acids is 1. The number of amides is 1. The van der Waals surface area contributed by atoms with Gasteiger partial charge in [0, 0.05) is 12.6 Å². The summed E-state index contributed by atoms with van der Waals surface area (Å²) in [6.45, 7) is 0.501. The van der Waals surface area contributed by atoms with Gasteiger partial charge in [-0.15, -0.1) is 0 Å². The molecule has 0 atom stereocenters. The highest BCUT2D eigenvalue weighted by Gasteiger charge is 2.16. The van der Waals surface area contributed by atoms with Crippen LogP contribution in [0.3, 0.4) is 0 Å². The van der Waals surface area contributed by atoms with Crippen LogP contribution in [0.25, 0.3) is 6.08 Å². The maximum atomic E-state index is 12.7. The zero-order valence-electron chi connectivity index (χ0n) is 18.4. The van der Waals surface area contributed by atoms with Crippen molar-refractivity contribution >= 4 is 27.7 Å². The molecule has 0 saturated heterocycles. The Morgan fingerprint density at radius 2 is 1.61 bits per heavy atom. The van der Waals surface area contributed by atoms with E-state index in [1.807, 2.05) is 24.3 Å². The van der Waals surface area contributed by atoms with Crippen molar-refractivity contribution in [1.82, 2.24) is 5.32 Å². The molecule has 0 unspecified atom stereocenters. The average molecular weight is 467 g/mol. The fourth-order valence-electron chi connectivity index (χ4n) is 3.04. The minimum absolute atomic E-state index is 0.106. The Hall–Kier alpha value is -3.78. The Bertz CT molecular complexity index is 1200. The molecule has 0 aromatic heterocycles. The molecule has 3 aromatic rings. The molecule has 0 aliphatic carbocycles. The predicted molar refractivity (Wildman–Crippen MR) is 129 cm³/mol. The van der Waals surface area contributed by atoms with Crippen LogP contribution < -0.4 is 19.5 Å². The number of carbonyl (C=O) groups is 1. The molecule has 0 fully saturated rings. The molecule has 0 radical (unpaired) electrons. The van der Waals surface area contributed by atoms with Gasteiger partial charge in [-0.05, 0) is 60.0 Å². The van der Waals surface area contributed by atoms with E-state index >= 15 is 0 Å². The zero-order valence-corrected chi connectivity index (χ0v) is 19.3. The first-order valence-corrected chi connectivity index (χ1v) is 11.7. The van der Waals surface area contributed by atoms with Gasteiger partial charge in [-0.1, -0.05) is 36.4 Å². The van der Waals surface area contributed by atoms with Crippen molar-refractivity contribution in [3.8, 4) is 11.5 Å². The molecular formula is C25H26N2O5S. The van der Waals surface area contributed by atoms with Crippen molar-refractivity contribution in [2.75, 3.05) is 25.5 Å². The SMILES string of the molecule is COc1ccc(CCNC(=O)/C=C/c2ccc(S(=O)(=O)Nc3ccccc3OC)cc2)cc1. The van der Waals surface area contributed by atoms with E-state index in [0.29, 0.717) is 30.0 Å². The Kier molecular flexibility index (Phi) is 8.10. The second-order valence-electron chi connectivity index (χ2n) is 7.10. The molecule has 0 heterocycles. The summed E-state index contributed by atoms with van der Waals surface area (Å²) < 4.78 is 38.2. The van der Waals surface area contributed by atoms with Gasteiger partial charge in [0.1, 0.15) is 11.5 Å². The second-order valence-corrected chi connectivity index (χ2v) is 8.78. The van der Waals surface area contributed by atoms with E-state index in [2.05, 4.69) is 10.0 Å². The number of benzene rings is 3. The number of hydrogen-bond donors (Lipinski definition) is 2. The molecule has 0 saturated carbocycles. The normalized spacial score (nSPS) is 11.2. The molecule has 2 N–H and O–H groups in total. The molecule has 0 aliphatic rings. The summed E-state index contributed by atoms with van der Waals surface area (Å²) in [5.41, 5.74) is 2.16. The van der Waals surface area contributed by atoms with Crippen LogP contribution in [-0.2, 0) is 21.2 Å². The molecule has 0 spiro atoms. The van der Waals surface area contributed by atoms with Crippen LogP contribution in [0, 0.1) is 0 Å². The maximum absolute atomic E-state index is 12.7. The fourth-order valence-corrected chi connectivity index (χ4v) is 4.11. The lowest BCUT2D eigenvalue weighted by molar-refractivity contribution is -0.116. The third-order valence-corrected chi connectivity index (χ3v) is 6.22. The first-order chi connectivity index (χ1) is 15.9. The molecule has 33 heavy (non-hydrogen) atoms. The number of para-hydroxylation sites is 2. The average Bonchev–Trinajstić information content (AvgIpc) is 2.83. The number of sulfonamides is 1. The van der Waals surface area contributed by atoms with E-state index in [-0.39, 0.29) is 10.8 Å². The van der Waals surface area contributed by atoms with Crippen molar-refractivity contribution in [2.45, 2.75) is 11.3 Å². The Morgan fingerprint density at radius 3 is 2.27 bits per heavy atom. The maximum Gasteiger partial charge on any atom is 0.262 e. The molecule has 0 aliphatic heterocycles. The van der Waals surface area contributed by atoms with Gasteiger partial charge in [0.2, 0.25) is 5.91 Å². The quantitative estimate of drug-likeness (QED) is 0.443. The molecule has 172 valence electrons. The topological polar surface area (TPSA) is 93.7 Å². The highest BCUT2D eigenvalue weighted by atomic mass is 32.2. The number of nitrogens with one attached hydrogen (secondary N) is 2. The Labute approximate surface area is 194 Å². The summed E-state index contributed by atoms with van der Waals surface area (Å²) in [5.74, 6) is 0.997. The molecule has 1 amide bonds. The van der Waals surface area contributed by atoms with Crippen LogP contribution >= 0.6 is 0 Å². The van der Waals surface area contributed by atoms with Crippen LogP contribution in [0.1, 0.15) is 11.1 Å². The third-order valence-electron chi connectivity index (χ3n) is 4.84. The predicted octanol–water partition coefficient (Wildman–Crippen LogP) is 3.88. The van der Waals surface area contributed by atoms with E-state index in [4.69, 9.17) is 9.47 Å². The highest BCUT2D eigenvalue weighted by molar-refractivity contribution is 7.92. The van der Waals surface area contributed by atoms with Gasteiger partial charge < -0.3 is 14.8 Å². The number of ether oxygens (including phenoxy) is 2. The molecular weight excluding hydrogens is 440 g/mol. The second kappa shape index (κ2) is 11.2. The fraction of sp³-hybridized carbons (Fsp3) is 0.160. The summed E-state index contributed by atoms with van der Waals surface area (Å²) >= 11 is 0. The van der Waals surface area contributed by atoms with Crippen LogP contribution in [0.4, 0.5) is 5.69 Å². The lowest BCUT2D eigenvalue weighted by Crippen LogP contribution is -2.23. The standard InChI is InChI=1S/C25H26N2O5S/c1-31-21-12-7-20(8-13-21)17-18-26-25(28)16-11-19-9-14-22(15-10-19)33(29,30)27-23-5-3-4-6-24(23)32-2/h3-16,27H,17-18H2,1-2H3,(H,26,28)/b16-11+. The van der Waals surface area contributed by atoms with E-state index in [1.54, 1.807) is 49.6 Å². The highest BCUT2D eigenvalue weighted by Crippen LogP contribution is 2.26. The van der Waals surface area contributed by atoms with E-state index in [9.17, 15) is 13.2 Å². The van der Waals surface area contributed by atoms with Gasteiger partial charge in [0.25, 0.3) is 10.0 Å². The first kappa shape index (κ1) is 23.9. The van der Waals surface area contributed by atoms with Gasteiger partial charge in [0.05, 0.1) is 24.8 Å². The van der Waals surface area contributed by atoms with Gasteiger partial charge >= 0.3 is 0 Å². The lowest BCUT2D eigenvalue weighted by Gasteiger charge is -2.11. The summed E-state index contributed by atoms with van der Waals surface area (Å²) in [6.07, 6.45) is 3.76. The van der Waals surface area contributed by atoms with Crippen molar-refractivity contribution < 1.29 is 22.7 Å². The van der Waals surface area contributed by atoms with Crippen molar-refractivity contribution in [2.24, 2.45) is 0 Å². The molecule has 7 nitrogen and oxygen atoms in total. The minimum Gasteiger partial charge on any atom is -0.497 e. The van der Waals surface area contributed by atoms with Gasteiger partial charge in [-0.25, -0.2) is 8.42 Å².